The number of rotatable bonds is 21. The third-order valence-corrected chi connectivity index (χ3v) is 8.39. The molecule has 5 nitrogen and oxygen atoms in total. The van der Waals surface area contributed by atoms with Crippen LogP contribution in [0.25, 0.3) is 0 Å². The van der Waals surface area contributed by atoms with E-state index in [-0.39, 0.29) is 29.6 Å². The van der Waals surface area contributed by atoms with E-state index in [2.05, 4.69) is 19.1 Å². The Balaban J connectivity index is 0. The van der Waals surface area contributed by atoms with Crippen molar-refractivity contribution >= 4 is 10.1 Å². The van der Waals surface area contributed by atoms with Crippen LogP contribution in [-0.2, 0) is 10.1 Å². The molecule has 192 valence electrons. The first-order chi connectivity index (χ1) is 15.0. The van der Waals surface area contributed by atoms with Crippen molar-refractivity contribution in [3.63, 3.8) is 0 Å². The fourth-order valence-electron chi connectivity index (χ4n) is 4.64. The first kappa shape index (κ1) is 35.7. The molecule has 0 aliphatic rings. The van der Waals surface area contributed by atoms with E-state index in [4.69, 9.17) is 11.5 Å². The van der Waals surface area contributed by atoms with Crippen LogP contribution < -0.4 is 41.0 Å². The Kier molecular flexibility index (Phi) is 21.4. The van der Waals surface area contributed by atoms with E-state index >= 15 is 0 Å². The minimum atomic E-state index is -4.49. The summed E-state index contributed by atoms with van der Waals surface area (Å²) in [7, 11) is -4.49. The van der Waals surface area contributed by atoms with E-state index in [0.717, 1.165) is 32.1 Å². The molecule has 1 atom stereocenters. The number of hydrogen-bond donors (Lipinski definition) is 2. The van der Waals surface area contributed by atoms with Crippen molar-refractivity contribution in [3.8, 4) is 0 Å². The van der Waals surface area contributed by atoms with E-state index in [1.54, 1.807) is 0 Å². The molecule has 7 heteroatoms. The maximum Gasteiger partial charge on any atom is 1.00 e. The molecule has 0 heterocycles. The van der Waals surface area contributed by atoms with Crippen LogP contribution in [0.4, 0.5) is 0 Å². The van der Waals surface area contributed by atoms with E-state index in [0.29, 0.717) is 12.8 Å². The molecule has 4 N–H and O–H groups in total. The second kappa shape index (κ2) is 19.7. The van der Waals surface area contributed by atoms with Crippen molar-refractivity contribution in [3.05, 3.63) is 12.2 Å². The standard InChI is InChI=1S/C26H54N2O3S.Na/c1-5-7-8-9-10-11-12-13-14-15-16-17-18-19-20-21-22-24(26(27,28)23-6-2)25(3,4)32(29,30)31;/h13-14,24H,5-12,15-23,27-28H2,1-4H3,(H,29,30,31);/q;+1/p-1/b14-13-;. The van der Waals surface area contributed by atoms with Crippen LogP contribution in [0.1, 0.15) is 137 Å². The molecule has 0 aromatic rings. The van der Waals surface area contributed by atoms with Crippen LogP contribution in [0.5, 0.6) is 0 Å². The first-order valence-corrected chi connectivity index (χ1v) is 14.6. The van der Waals surface area contributed by atoms with Crippen molar-refractivity contribution in [1.82, 2.24) is 0 Å². The molecular weight excluding hydrogens is 443 g/mol. The van der Waals surface area contributed by atoms with Gasteiger partial charge in [-0.2, -0.15) is 0 Å². The zero-order chi connectivity index (χ0) is 24.5. The van der Waals surface area contributed by atoms with Gasteiger partial charge in [-0.05, 0) is 52.4 Å². The monoisotopic (exact) mass is 496 g/mol. The van der Waals surface area contributed by atoms with Gasteiger partial charge in [0, 0.05) is 5.92 Å². The smallest absolute Gasteiger partial charge is 0.748 e. The second-order valence-corrected chi connectivity index (χ2v) is 12.2. The van der Waals surface area contributed by atoms with Gasteiger partial charge in [0.1, 0.15) is 10.1 Å². The van der Waals surface area contributed by atoms with E-state index in [1.165, 1.54) is 78.1 Å². The minimum absolute atomic E-state index is 0. The largest absolute Gasteiger partial charge is 1.00 e. The molecule has 0 bridgehead atoms. The zero-order valence-corrected chi connectivity index (χ0v) is 25.4. The third-order valence-electron chi connectivity index (χ3n) is 6.82. The van der Waals surface area contributed by atoms with Crippen LogP contribution in [-0.4, -0.2) is 23.4 Å². The van der Waals surface area contributed by atoms with Gasteiger partial charge in [-0.1, -0.05) is 96.6 Å². The molecule has 0 fully saturated rings. The summed E-state index contributed by atoms with van der Waals surface area (Å²) < 4.78 is 34.1. The van der Waals surface area contributed by atoms with E-state index in [1.807, 2.05) is 6.92 Å². The van der Waals surface area contributed by atoms with E-state index < -0.39 is 26.4 Å². The maximum atomic E-state index is 11.8. The Morgan fingerprint density at radius 2 is 1.18 bits per heavy atom. The summed E-state index contributed by atoms with van der Waals surface area (Å²) in [6, 6.07) is 0. The quantitative estimate of drug-likeness (QED) is 0.0826. The molecule has 1 unspecified atom stereocenters. The molecule has 0 aromatic heterocycles. The average molecular weight is 497 g/mol. The van der Waals surface area contributed by atoms with Crippen molar-refractivity contribution in [1.29, 1.82) is 0 Å². The topological polar surface area (TPSA) is 109 Å². The van der Waals surface area contributed by atoms with Gasteiger partial charge in [-0.3, -0.25) is 0 Å². The normalized spacial score (nSPS) is 13.9. The molecule has 0 saturated carbocycles. The molecule has 0 amide bonds. The van der Waals surface area contributed by atoms with Gasteiger partial charge in [0.25, 0.3) is 0 Å². The molecule has 0 aromatic carbocycles. The number of nitrogens with two attached hydrogens (primary N) is 2. The van der Waals surface area contributed by atoms with Crippen molar-refractivity contribution in [2.75, 3.05) is 0 Å². The molecule has 0 radical (unpaired) electrons. The van der Waals surface area contributed by atoms with Crippen molar-refractivity contribution in [2.45, 2.75) is 147 Å². The van der Waals surface area contributed by atoms with Gasteiger partial charge < -0.3 is 16.0 Å². The van der Waals surface area contributed by atoms with Crippen LogP contribution in [0.2, 0.25) is 0 Å². The predicted molar refractivity (Wildman–Crippen MR) is 137 cm³/mol. The summed E-state index contributed by atoms with van der Waals surface area (Å²) in [5.41, 5.74) is 11.4. The van der Waals surface area contributed by atoms with Gasteiger partial charge in [0.15, 0.2) is 0 Å². The van der Waals surface area contributed by atoms with Crippen molar-refractivity contribution in [2.24, 2.45) is 17.4 Å². The minimum Gasteiger partial charge on any atom is -0.748 e. The number of unbranched alkanes of at least 4 members (excludes halogenated alkanes) is 12. The molecule has 0 aliphatic heterocycles. The zero-order valence-electron chi connectivity index (χ0n) is 22.5. The molecule has 0 rings (SSSR count). The molecule has 0 aliphatic carbocycles. The van der Waals surface area contributed by atoms with Gasteiger partial charge >= 0.3 is 29.6 Å². The SMILES string of the molecule is CCCCCCCC/C=C\CCCCCCCCC(C(N)(N)CCC)C(C)(C)S(=O)(=O)[O-].[Na+]. The molecule has 33 heavy (non-hydrogen) atoms. The maximum absolute atomic E-state index is 11.8. The Morgan fingerprint density at radius 1 is 0.758 bits per heavy atom. The number of hydrogen-bond acceptors (Lipinski definition) is 5. The summed E-state index contributed by atoms with van der Waals surface area (Å²) >= 11 is 0. The van der Waals surface area contributed by atoms with Gasteiger partial charge in [-0.25, -0.2) is 8.42 Å². The summed E-state index contributed by atoms with van der Waals surface area (Å²) in [6.45, 7) is 7.17. The summed E-state index contributed by atoms with van der Waals surface area (Å²) in [4.78, 5) is 0. The summed E-state index contributed by atoms with van der Waals surface area (Å²) in [6.07, 6.45) is 23.6. The Morgan fingerprint density at radius 3 is 1.61 bits per heavy atom. The Bertz CT molecular complexity index is 592. The van der Waals surface area contributed by atoms with Gasteiger partial charge in [-0.15, -0.1) is 0 Å². The first-order valence-electron chi connectivity index (χ1n) is 13.2. The second-order valence-electron chi connectivity index (χ2n) is 10.2. The van der Waals surface area contributed by atoms with Crippen LogP contribution in [0, 0.1) is 5.92 Å². The van der Waals surface area contributed by atoms with Crippen molar-refractivity contribution < 1.29 is 42.5 Å². The average Bonchev–Trinajstić information content (AvgIpc) is 2.69. The Hall–Kier alpha value is 0.570. The summed E-state index contributed by atoms with van der Waals surface area (Å²) in [5, 5.41) is 0. The summed E-state index contributed by atoms with van der Waals surface area (Å²) in [5.74, 6) is -0.547. The van der Waals surface area contributed by atoms with Crippen LogP contribution >= 0.6 is 0 Å². The van der Waals surface area contributed by atoms with Gasteiger partial charge in [0.2, 0.25) is 0 Å². The predicted octanol–water partition coefficient (Wildman–Crippen LogP) is 3.77. The van der Waals surface area contributed by atoms with Crippen LogP contribution in [0.15, 0.2) is 12.2 Å². The third kappa shape index (κ3) is 16.0. The molecule has 0 spiro atoms. The molecular formula is C26H53N2NaO3S. The van der Waals surface area contributed by atoms with E-state index in [9.17, 15) is 13.0 Å². The molecule has 0 saturated heterocycles. The number of allylic oxidation sites excluding steroid dienone is 2. The fraction of sp³-hybridized carbons (Fsp3) is 0.923. The fourth-order valence-corrected chi connectivity index (χ4v) is 5.33. The van der Waals surface area contributed by atoms with Crippen LogP contribution in [0.3, 0.4) is 0 Å². The van der Waals surface area contributed by atoms with Gasteiger partial charge in [0.05, 0.1) is 10.4 Å². The Labute approximate surface area is 228 Å².